The molecule has 4 N–H and O–H groups in total. The molecule has 1 aromatic carbocycles. The van der Waals surface area contributed by atoms with Crippen LogP contribution >= 0.6 is 0 Å². The Morgan fingerprint density at radius 1 is 1.18 bits per heavy atom. The smallest absolute Gasteiger partial charge is 0.241 e. The molecule has 0 aliphatic heterocycles. The minimum absolute atomic E-state index is 0.162. The molecule has 3 rings (SSSR count). The molecule has 0 radical (unpaired) electrons. The molecule has 0 aliphatic carbocycles. The molecule has 0 fully saturated rings. The van der Waals surface area contributed by atoms with Gasteiger partial charge in [-0.2, -0.15) is 5.10 Å². The van der Waals surface area contributed by atoms with Gasteiger partial charge in [-0.25, -0.2) is 4.68 Å². The number of anilines is 1. The summed E-state index contributed by atoms with van der Waals surface area (Å²) in [7, 11) is 1.87. The fourth-order valence-electron chi connectivity index (χ4n) is 1.84. The molecule has 0 saturated carbocycles. The Balaban J connectivity index is 2.35. The Kier molecular flexibility index (Phi) is 1.82. The summed E-state index contributed by atoms with van der Waals surface area (Å²) in [4.78, 5) is 0. The van der Waals surface area contributed by atoms with Crippen molar-refractivity contribution in [3.63, 3.8) is 0 Å². The highest BCUT2D eigenvalue weighted by atomic mass is 15.5. The molecule has 3 aromatic rings. The first-order valence-corrected chi connectivity index (χ1v) is 5.06. The highest BCUT2D eigenvalue weighted by molar-refractivity contribution is 5.91. The summed E-state index contributed by atoms with van der Waals surface area (Å²) < 4.78 is 3.00. The van der Waals surface area contributed by atoms with Gasteiger partial charge < -0.3 is 11.6 Å². The number of aryl methyl sites for hydroxylation is 1. The predicted molar refractivity (Wildman–Crippen MR) is 64.3 cm³/mol. The summed E-state index contributed by atoms with van der Waals surface area (Å²) in [5.41, 5.74) is 7.24. The van der Waals surface area contributed by atoms with E-state index in [0.717, 1.165) is 10.9 Å². The summed E-state index contributed by atoms with van der Waals surface area (Å²) in [5.74, 6) is 6.37. The molecule has 0 bridgehead atoms. The van der Waals surface area contributed by atoms with E-state index in [4.69, 9.17) is 11.6 Å². The lowest BCUT2D eigenvalue weighted by Crippen LogP contribution is -2.13. The molecule has 0 atom stereocenters. The lowest BCUT2D eigenvalue weighted by molar-refractivity contribution is 0.795. The Morgan fingerprint density at radius 2 is 1.94 bits per heavy atom. The van der Waals surface area contributed by atoms with Gasteiger partial charge in [-0.3, -0.25) is 4.68 Å². The van der Waals surface area contributed by atoms with Crippen LogP contribution in [0.15, 0.2) is 24.3 Å². The van der Waals surface area contributed by atoms with Gasteiger partial charge in [0.1, 0.15) is 5.69 Å². The maximum absolute atomic E-state index is 5.75. The van der Waals surface area contributed by atoms with E-state index in [1.54, 1.807) is 4.68 Å². The summed E-state index contributed by atoms with van der Waals surface area (Å²) in [5, 5.41) is 13.0. The third-order valence-corrected chi connectivity index (χ3v) is 2.69. The quantitative estimate of drug-likeness (QED) is 0.577. The third-order valence-electron chi connectivity index (χ3n) is 2.69. The van der Waals surface area contributed by atoms with Gasteiger partial charge in [-0.05, 0) is 6.07 Å². The molecule has 0 aliphatic rings. The van der Waals surface area contributed by atoms with E-state index in [-0.39, 0.29) is 5.95 Å². The minimum atomic E-state index is 0.162. The molecule has 7 heteroatoms. The zero-order valence-corrected chi connectivity index (χ0v) is 9.20. The monoisotopic (exact) mass is 229 g/mol. The number of nitrogen functional groups attached to an aromatic ring is 2. The Bertz CT molecular complexity index is 694. The van der Waals surface area contributed by atoms with E-state index < -0.39 is 0 Å². The van der Waals surface area contributed by atoms with Gasteiger partial charge in [0, 0.05) is 12.4 Å². The second-order valence-corrected chi connectivity index (χ2v) is 3.74. The molecule has 2 heterocycles. The van der Waals surface area contributed by atoms with Crippen molar-refractivity contribution in [1.29, 1.82) is 0 Å². The number of rotatable bonds is 1. The van der Waals surface area contributed by atoms with Gasteiger partial charge in [-0.1, -0.05) is 18.2 Å². The normalized spacial score (nSPS) is 11.1. The average Bonchev–Trinajstić information content (AvgIpc) is 2.83. The van der Waals surface area contributed by atoms with Crippen molar-refractivity contribution in [3.05, 3.63) is 24.3 Å². The first-order chi connectivity index (χ1) is 8.18. The molecule has 7 nitrogen and oxygen atoms in total. The molecule has 0 amide bonds. The van der Waals surface area contributed by atoms with Crippen LogP contribution < -0.4 is 11.6 Å². The van der Waals surface area contributed by atoms with Gasteiger partial charge in [0.25, 0.3) is 0 Å². The molecule has 0 saturated heterocycles. The number of hydrogen-bond acceptors (Lipinski definition) is 5. The largest absolute Gasteiger partial charge is 0.366 e. The van der Waals surface area contributed by atoms with Crippen LogP contribution in [0.3, 0.4) is 0 Å². The van der Waals surface area contributed by atoms with Crippen molar-refractivity contribution in [2.24, 2.45) is 7.05 Å². The lowest BCUT2D eigenvalue weighted by atomic mass is 10.2. The summed E-state index contributed by atoms with van der Waals surface area (Å²) in [6.45, 7) is 0. The van der Waals surface area contributed by atoms with Crippen molar-refractivity contribution in [1.82, 2.24) is 24.7 Å². The number of hydrogen-bond donors (Lipinski definition) is 2. The van der Waals surface area contributed by atoms with E-state index in [1.807, 2.05) is 31.3 Å². The minimum Gasteiger partial charge on any atom is -0.366 e. The summed E-state index contributed by atoms with van der Waals surface area (Å²) in [6, 6.07) is 7.83. The van der Waals surface area contributed by atoms with Crippen LogP contribution in [0.4, 0.5) is 5.95 Å². The molecule has 17 heavy (non-hydrogen) atoms. The van der Waals surface area contributed by atoms with Crippen LogP contribution in [0.2, 0.25) is 0 Å². The highest BCUT2D eigenvalue weighted by Crippen LogP contribution is 2.25. The van der Waals surface area contributed by atoms with Crippen LogP contribution in [0.1, 0.15) is 0 Å². The van der Waals surface area contributed by atoms with Crippen LogP contribution in [0, 0.1) is 0 Å². The Morgan fingerprint density at radius 3 is 2.65 bits per heavy atom. The maximum atomic E-state index is 5.75. The van der Waals surface area contributed by atoms with E-state index in [2.05, 4.69) is 15.3 Å². The Labute approximate surface area is 96.6 Å². The first-order valence-electron chi connectivity index (χ1n) is 5.06. The third kappa shape index (κ3) is 1.25. The average molecular weight is 229 g/mol. The number of fused-ring (bicyclic) bond motifs is 1. The van der Waals surface area contributed by atoms with Crippen LogP contribution in [-0.2, 0) is 7.05 Å². The van der Waals surface area contributed by atoms with E-state index in [9.17, 15) is 0 Å². The molecular formula is C10H11N7. The molecule has 86 valence electrons. The van der Waals surface area contributed by atoms with Crippen LogP contribution in [0.25, 0.3) is 22.4 Å². The van der Waals surface area contributed by atoms with Crippen LogP contribution in [-0.4, -0.2) is 24.7 Å². The molecule has 0 spiro atoms. The number of para-hydroxylation sites is 1. The lowest BCUT2D eigenvalue weighted by Gasteiger charge is -1.97. The summed E-state index contributed by atoms with van der Waals surface area (Å²) in [6.07, 6.45) is 0. The standard InChI is InChI=1S/C10H11N7/c1-16-7-5-3-2-4-6(7)8(15-16)9-13-14-10(11)17(9)12/h2-5H,12H2,1H3,(H2,11,14). The Hall–Kier alpha value is -2.57. The van der Waals surface area contributed by atoms with Crippen molar-refractivity contribution in [2.45, 2.75) is 0 Å². The first kappa shape index (κ1) is 9.64. The van der Waals surface area contributed by atoms with E-state index in [1.165, 1.54) is 4.68 Å². The molecule has 2 aromatic heterocycles. The topological polar surface area (TPSA) is 101 Å². The maximum Gasteiger partial charge on any atom is 0.241 e. The number of nitrogens with two attached hydrogens (primary N) is 2. The van der Waals surface area contributed by atoms with E-state index in [0.29, 0.717) is 11.5 Å². The fourth-order valence-corrected chi connectivity index (χ4v) is 1.84. The second-order valence-electron chi connectivity index (χ2n) is 3.74. The van der Waals surface area contributed by atoms with Gasteiger partial charge in [0.15, 0.2) is 0 Å². The summed E-state index contributed by atoms with van der Waals surface area (Å²) >= 11 is 0. The van der Waals surface area contributed by atoms with E-state index >= 15 is 0 Å². The SMILES string of the molecule is Cn1nc(-c2nnc(N)n2N)c2ccccc21. The zero-order valence-electron chi connectivity index (χ0n) is 9.20. The van der Waals surface area contributed by atoms with Crippen molar-refractivity contribution < 1.29 is 0 Å². The van der Waals surface area contributed by atoms with Gasteiger partial charge in [0.2, 0.25) is 11.8 Å². The zero-order chi connectivity index (χ0) is 12.0. The molecular weight excluding hydrogens is 218 g/mol. The number of aromatic nitrogens is 5. The number of benzene rings is 1. The van der Waals surface area contributed by atoms with Gasteiger partial charge in [-0.15, -0.1) is 10.2 Å². The highest BCUT2D eigenvalue weighted by Gasteiger charge is 2.16. The predicted octanol–water partition coefficient (Wildman–Crippen LogP) is 0.128. The van der Waals surface area contributed by atoms with Crippen molar-refractivity contribution in [2.75, 3.05) is 11.6 Å². The second kappa shape index (κ2) is 3.21. The van der Waals surface area contributed by atoms with Crippen molar-refractivity contribution in [3.8, 4) is 11.5 Å². The van der Waals surface area contributed by atoms with Crippen molar-refractivity contribution >= 4 is 16.9 Å². The van der Waals surface area contributed by atoms with Crippen LogP contribution in [0.5, 0.6) is 0 Å². The van der Waals surface area contributed by atoms with Gasteiger partial charge >= 0.3 is 0 Å². The van der Waals surface area contributed by atoms with Gasteiger partial charge in [0.05, 0.1) is 5.52 Å². The number of nitrogens with zero attached hydrogens (tertiary/aromatic N) is 5. The molecule has 0 unspecified atom stereocenters. The fraction of sp³-hybridized carbons (Fsp3) is 0.100.